The second-order valence-corrected chi connectivity index (χ2v) is 5.36. The molecule has 1 atom stereocenters. The van der Waals surface area contributed by atoms with E-state index in [9.17, 15) is 14.9 Å². The molecule has 8 nitrogen and oxygen atoms in total. The smallest absolute Gasteiger partial charge is 0.270 e. The van der Waals surface area contributed by atoms with E-state index in [0.717, 1.165) is 5.56 Å². The van der Waals surface area contributed by atoms with E-state index >= 15 is 0 Å². The molecule has 2 rings (SSSR count). The van der Waals surface area contributed by atoms with Crippen molar-refractivity contribution in [3.8, 4) is 5.75 Å². The third-order valence-corrected chi connectivity index (χ3v) is 3.52. The molecule has 2 aromatic rings. The van der Waals surface area contributed by atoms with Crippen LogP contribution in [0.3, 0.4) is 0 Å². The minimum absolute atomic E-state index is 0.0449. The highest BCUT2D eigenvalue weighted by molar-refractivity contribution is 5.81. The lowest BCUT2D eigenvalue weighted by molar-refractivity contribution is -0.384. The number of methoxy groups -OCH3 is 1. The summed E-state index contributed by atoms with van der Waals surface area (Å²) in [6.45, 7) is 1.85. The number of hydrogen-bond donors (Lipinski definition) is 1. The summed E-state index contributed by atoms with van der Waals surface area (Å²) in [5.74, 6) is 0.345. The molecule has 0 spiro atoms. The van der Waals surface area contributed by atoms with Gasteiger partial charge in [0, 0.05) is 29.8 Å². The van der Waals surface area contributed by atoms with Gasteiger partial charge in [-0.05, 0) is 13.0 Å². The van der Waals surface area contributed by atoms with Gasteiger partial charge in [-0.15, -0.1) is 0 Å². The molecule has 0 radical (unpaired) electrons. The SMILES string of the molecule is COc1ccccc1CNC(=O)C(C)O/N=C/c1cccc([N+](=O)[O-])c1. The van der Waals surface area contributed by atoms with Crippen molar-refractivity contribution in [2.45, 2.75) is 19.6 Å². The Bertz CT molecular complexity index is 807. The quantitative estimate of drug-likeness (QED) is 0.444. The molecule has 2 aromatic carbocycles. The van der Waals surface area contributed by atoms with Crippen molar-refractivity contribution < 1.29 is 19.3 Å². The number of amides is 1. The largest absolute Gasteiger partial charge is 0.496 e. The molecule has 1 unspecified atom stereocenters. The van der Waals surface area contributed by atoms with Crippen LogP contribution in [0.15, 0.2) is 53.7 Å². The summed E-state index contributed by atoms with van der Waals surface area (Å²) in [7, 11) is 1.56. The van der Waals surface area contributed by atoms with Crippen LogP contribution >= 0.6 is 0 Å². The number of oxime groups is 1. The Balaban J connectivity index is 1.87. The first-order valence-corrected chi connectivity index (χ1v) is 7.84. The van der Waals surface area contributed by atoms with E-state index in [1.807, 2.05) is 24.3 Å². The molecular weight excluding hydrogens is 338 g/mol. The van der Waals surface area contributed by atoms with Crippen LogP contribution in [-0.2, 0) is 16.2 Å². The van der Waals surface area contributed by atoms with E-state index in [1.165, 1.54) is 18.3 Å². The fourth-order valence-electron chi connectivity index (χ4n) is 2.12. The molecule has 8 heteroatoms. The first-order chi connectivity index (χ1) is 12.5. The third-order valence-electron chi connectivity index (χ3n) is 3.52. The Kier molecular flexibility index (Phi) is 6.67. The van der Waals surface area contributed by atoms with Gasteiger partial charge in [0.05, 0.1) is 18.2 Å². The van der Waals surface area contributed by atoms with Crippen molar-refractivity contribution in [2.24, 2.45) is 5.16 Å². The van der Waals surface area contributed by atoms with Crippen molar-refractivity contribution in [3.05, 3.63) is 69.8 Å². The topological polar surface area (TPSA) is 103 Å². The Morgan fingerprint density at radius 3 is 2.81 bits per heavy atom. The lowest BCUT2D eigenvalue weighted by atomic mass is 10.2. The van der Waals surface area contributed by atoms with Gasteiger partial charge < -0.3 is 14.9 Å². The van der Waals surface area contributed by atoms with Gasteiger partial charge in [-0.25, -0.2) is 0 Å². The van der Waals surface area contributed by atoms with Crippen molar-refractivity contribution in [2.75, 3.05) is 7.11 Å². The maximum absolute atomic E-state index is 12.1. The van der Waals surface area contributed by atoms with Crippen LogP contribution in [0.1, 0.15) is 18.1 Å². The average Bonchev–Trinajstić information content (AvgIpc) is 2.66. The summed E-state index contributed by atoms with van der Waals surface area (Å²) in [4.78, 5) is 27.4. The highest BCUT2D eigenvalue weighted by Crippen LogP contribution is 2.16. The van der Waals surface area contributed by atoms with Crippen molar-refractivity contribution in [1.29, 1.82) is 0 Å². The molecule has 0 saturated heterocycles. The Morgan fingerprint density at radius 2 is 2.08 bits per heavy atom. The van der Waals surface area contributed by atoms with Crippen LogP contribution in [0.4, 0.5) is 5.69 Å². The van der Waals surface area contributed by atoms with Crippen LogP contribution in [0, 0.1) is 10.1 Å². The zero-order valence-electron chi connectivity index (χ0n) is 14.4. The van der Waals surface area contributed by atoms with E-state index in [2.05, 4.69) is 10.5 Å². The van der Waals surface area contributed by atoms with Gasteiger partial charge in [-0.3, -0.25) is 14.9 Å². The average molecular weight is 357 g/mol. The number of hydrogen-bond acceptors (Lipinski definition) is 6. The number of rotatable bonds is 8. The number of carbonyl (C=O) groups is 1. The summed E-state index contributed by atoms with van der Waals surface area (Å²) in [5.41, 5.74) is 1.30. The van der Waals surface area contributed by atoms with E-state index < -0.39 is 11.0 Å². The monoisotopic (exact) mass is 357 g/mol. The molecule has 0 aliphatic carbocycles. The molecule has 0 fully saturated rings. The molecule has 0 bridgehead atoms. The summed E-state index contributed by atoms with van der Waals surface area (Å²) in [6.07, 6.45) is 0.497. The normalized spacial score (nSPS) is 11.8. The van der Waals surface area contributed by atoms with Gasteiger partial charge in [0.1, 0.15) is 5.75 Å². The van der Waals surface area contributed by atoms with Crippen molar-refractivity contribution in [3.63, 3.8) is 0 Å². The maximum atomic E-state index is 12.1. The van der Waals surface area contributed by atoms with Gasteiger partial charge in [0.25, 0.3) is 11.6 Å². The molecule has 0 heterocycles. The van der Waals surface area contributed by atoms with Crippen LogP contribution in [0.5, 0.6) is 5.75 Å². The zero-order valence-corrected chi connectivity index (χ0v) is 14.4. The summed E-state index contributed by atoms with van der Waals surface area (Å²) in [5, 5.41) is 17.2. The van der Waals surface area contributed by atoms with Gasteiger partial charge in [0.15, 0.2) is 0 Å². The van der Waals surface area contributed by atoms with Crippen molar-refractivity contribution in [1.82, 2.24) is 5.32 Å². The summed E-state index contributed by atoms with van der Waals surface area (Å²) < 4.78 is 5.22. The number of ether oxygens (including phenoxy) is 1. The minimum Gasteiger partial charge on any atom is -0.496 e. The molecular formula is C18H19N3O5. The fourth-order valence-corrected chi connectivity index (χ4v) is 2.12. The number of carbonyl (C=O) groups excluding carboxylic acids is 1. The number of benzene rings is 2. The number of para-hydroxylation sites is 1. The molecule has 0 aromatic heterocycles. The molecule has 136 valence electrons. The molecule has 0 aliphatic heterocycles. The number of nitrogens with zero attached hydrogens (tertiary/aromatic N) is 2. The Labute approximate surface area is 150 Å². The minimum atomic E-state index is -0.820. The summed E-state index contributed by atoms with van der Waals surface area (Å²) in [6, 6.07) is 13.3. The molecule has 1 amide bonds. The van der Waals surface area contributed by atoms with Gasteiger partial charge in [-0.1, -0.05) is 35.5 Å². The van der Waals surface area contributed by atoms with Gasteiger partial charge in [-0.2, -0.15) is 0 Å². The second kappa shape index (κ2) is 9.16. The maximum Gasteiger partial charge on any atom is 0.270 e. The summed E-state index contributed by atoms with van der Waals surface area (Å²) >= 11 is 0. The predicted octanol–water partition coefficient (Wildman–Crippen LogP) is 2.66. The van der Waals surface area contributed by atoms with Crippen LogP contribution in [0.2, 0.25) is 0 Å². The van der Waals surface area contributed by atoms with E-state index in [-0.39, 0.29) is 11.6 Å². The highest BCUT2D eigenvalue weighted by Gasteiger charge is 2.14. The van der Waals surface area contributed by atoms with Crippen LogP contribution in [0.25, 0.3) is 0 Å². The molecule has 1 N–H and O–H groups in total. The standard InChI is InChI=1S/C18H19N3O5/c1-13(18(22)19-12-15-7-3-4-9-17(15)25-2)26-20-11-14-6-5-8-16(10-14)21(23)24/h3-11,13H,12H2,1-2H3,(H,19,22)/b20-11+. The lowest BCUT2D eigenvalue weighted by Crippen LogP contribution is -2.33. The Hall–Kier alpha value is -3.42. The third kappa shape index (κ3) is 5.30. The van der Waals surface area contributed by atoms with E-state index in [1.54, 1.807) is 26.2 Å². The first kappa shape index (κ1) is 18.9. The Morgan fingerprint density at radius 1 is 1.31 bits per heavy atom. The van der Waals surface area contributed by atoms with E-state index in [4.69, 9.17) is 9.57 Å². The van der Waals surface area contributed by atoms with Gasteiger partial charge >= 0.3 is 0 Å². The molecule has 0 saturated carbocycles. The highest BCUT2D eigenvalue weighted by atomic mass is 16.6. The second-order valence-electron chi connectivity index (χ2n) is 5.36. The fraction of sp³-hybridized carbons (Fsp3) is 0.222. The lowest BCUT2D eigenvalue weighted by Gasteiger charge is -2.12. The van der Waals surface area contributed by atoms with E-state index in [0.29, 0.717) is 17.9 Å². The predicted molar refractivity (Wildman–Crippen MR) is 96.1 cm³/mol. The van der Waals surface area contributed by atoms with Gasteiger partial charge in [0.2, 0.25) is 6.10 Å². The zero-order chi connectivity index (χ0) is 18.9. The van der Waals surface area contributed by atoms with Crippen LogP contribution in [-0.4, -0.2) is 30.3 Å². The first-order valence-electron chi connectivity index (χ1n) is 7.84. The number of nitro groups is 1. The number of nitrogens with one attached hydrogen (secondary N) is 1. The number of non-ortho nitro benzene ring substituents is 1. The van der Waals surface area contributed by atoms with Crippen LogP contribution < -0.4 is 10.1 Å². The molecule has 26 heavy (non-hydrogen) atoms. The number of nitro benzene ring substituents is 1. The van der Waals surface area contributed by atoms with Crippen molar-refractivity contribution >= 4 is 17.8 Å². The molecule has 0 aliphatic rings.